The summed E-state index contributed by atoms with van der Waals surface area (Å²) in [4.78, 5) is 36.7. The van der Waals surface area contributed by atoms with E-state index in [0.29, 0.717) is 54.3 Å². The van der Waals surface area contributed by atoms with Crippen LogP contribution in [0.3, 0.4) is 0 Å². The van der Waals surface area contributed by atoms with Gasteiger partial charge in [-0.25, -0.2) is 4.98 Å². The average molecular weight is 692 g/mol. The highest BCUT2D eigenvalue weighted by molar-refractivity contribution is 6.36. The third-order valence-corrected chi connectivity index (χ3v) is 10.7. The summed E-state index contributed by atoms with van der Waals surface area (Å²) in [6, 6.07) is 19.1. The van der Waals surface area contributed by atoms with E-state index in [1.165, 1.54) is 0 Å². The lowest BCUT2D eigenvalue weighted by molar-refractivity contribution is 0.0778. The molecule has 11 heteroatoms. The number of nitrogens with zero attached hydrogens (tertiary/aromatic N) is 4. The number of imidazole rings is 1. The number of piperidine rings is 1. The Balaban J connectivity index is 1.04. The van der Waals surface area contributed by atoms with Gasteiger partial charge in [0, 0.05) is 42.6 Å². The lowest BCUT2D eigenvalue weighted by atomic mass is 9.76. The summed E-state index contributed by atoms with van der Waals surface area (Å²) >= 11 is 12.6. The third-order valence-electron chi connectivity index (χ3n) is 10.2. The number of para-hydroxylation sites is 2. The first-order chi connectivity index (χ1) is 23.3. The summed E-state index contributed by atoms with van der Waals surface area (Å²) in [5, 5.41) is 0.855. The number of carbonyl (C=O) groups excluding carboxylic acids is 2. The molecule has 3 aromatic carbocycles. The molecule has 1 amide bonds. The van der Waals surface area contributed by atoms with Gasteiger partial charge in [-0.3, -0.25) is 9.59 Å². The predicted octanol–water partition coefficient (Wildman–Crippen LogP) is 6.88. The van der Waals surface area contributed by atoms with Gasteiger partial charge in [-0.1, -0.05) is 41.4 Å². The van der Waals surface area contributed by atoms with Gasteiger partial charge >= 0.3 is 0 Å². The Bertz CT molecular complexity index is 1820. The van der Waals surface area contributed by atoms with Crippen molar-refractivity contribution in [3.05, 3.63) is 87.7 Å². The molecule has 48 heavy (non-hydrogen) atoms. The summed E-state index contributed by atoms with van der Waals surface area (Å²) < 4.78 is 19.0. The van der Waals surface area contributed by atoms with Crippen molar-refractivity contribution in [3.8, 4) is 11.5 Å². The monoisotopic (exact) mass is 690 g/mol. The van der Waals surface area contributed by atoms with Gasteiger partial charge in [-0.15, -0.1) is 0 Å². The minimum absolute atomic E-state index is 0.0737. The number of benzene rings is 3. The summed E-state index contributed by atoms with van der Waals surface area (Å²) in [7, 11) is 0. The van der Waals surface area contributed by atoms with E-state index in [4.69, 9.17) is 42.4 Å². The molecule has 3 aliphatic heterocycles. The maximum absolute atomic E-state index is 13.9. The molecule has 2 fully saturated rings. The first-order valence-electron chi connectivity index (χ1n) is 16.8. The van der Waals surface area contributed by atoms with Gasteiger partial charge in [0.25, 0.3) is 5.91 Å². The Morgan fingerprint density at radius 3 is 2.60 bits per heavy atom. The SMILES string of the molecule is CCOCCn1c(C(=O)C2CCN(CCC3(c4ccc5c(c4)OCO5)CCN(C(=O)c4ccc(Cl)cc4Cl)C3)CC2)nc2ccccc21. The van der Waals surface area contributed by atoms with Crippen LogP contribution >= 0.6 is 23.2 Å². The molecule has 0 saturated carbocycles. The molecule has 1 aromatic heterocycles. The van der Waals surface area contributed by atoms with E-state index in [1.54, 1.807) is 18.2 Å². The van der Waals surface area contributed by atoms with Gasteiger partial charge in [-0.2, -0.15) is 0 Å². The molecule has 0 N–H and O–H groups in total. The van der Waals surface area contributed by atoms with E-state index in [9.17, 15) is 9.59 Å². The standard InChI is InChI=1S/C37H40Cl2N4O5/c1-2-46-20-19-43-31-6-4-3-5-30(31)40-35(43)34(44)25-11-15-41(16-12-25)17-13-37(26-7-10-32-33(21-26)48-24-47-32)14-18-42(23-37)36(45)28-9-8-27(38)22-29(28)39/h3-10,21-22,25H,2,11-20,23-24H2,1H3. The number of halogens is 2. The van der Waals surface area contributed by atoms with Gasteiger partial charge in [0.15, 0.2) is 17.3 Å². The largest absolute Gasteiger partial charge is 0.454 e. The third kappa shape index (κ3) is 6.53. The number of fused-ring (bicyclic) bond motifs is 2. The first kappa shape index (κ1) is 32.9. The van der Waals surface area contributed by atoms with E-state index in [1.807, 2.05) is 46.7 Å². The zero-order valence-corrected chi connectivity index (χ0v) is 28.6. The lowest BCUT2D eigenvalue weighted by Crippen LogP contribution is -2.41. The molecule has 9 nitrogen and oxygen atoms in total. The van der Waals surface area contributed by atoms with Gasteiger partial charge in [0.1, 0.15) is 0 Å². The van der Waals surface area contributed by atoms with Crippen molar-refractivity contribution in [2.45, 2.75) is 44.6 Å². The summed E-state index contributed by atoms with van der Waals surface area (Å²) in [6.45, 7) is 7.65. The van der Waals surface area contributed by atoms with Gasteiger partial charge in [-0.05, 0) is 100 Å². The number of hydrogen-bond acceptors (Lipinski definition) is 7. The maximum Gasteiger partial charge on any atom is 0.255 e. The van der Waals surface area contributed by atoms with E-state index in [-0.39, 0.29) is 29.8 Å². The minimum Gasteiger partial charge on any atom is -0.454 e. The molecule has 252 valence electrons. The van der Waals surface area contributed by atoms with Crippen LogP contribution < -0.4 is 9.47 Å². The number of carbonyl (C=O) groups is 2. The van der Waals surface area contributed by atoms with Crippen LogP contribution in [-0.4, -0.2) is 83.8 Å². The zero-order chi connectivity index (χ0) is 33.3. The number of likely N-dealkylation sites (tertiary alicyclic amines) is 2. The second-order valence-electron chi connectivity index (χ2n) is 13.0. The fourth-order valence-electron chi connectivity index (χ4n) is 7.45. The molecule has 0 aliphatic carbocycles. The van der Waals surface area contributed by atoms with Crippen molar-refractivity contribution < 1.29 is 23.8 Å². The first-order valence-corrected chi connectivity index (χ1v) is 17.5. The topological polar surface area (TPSA) is 86.1 Å². The molecule has 4 heterocycles. The smallest absolute Gasteiger partial charge is 0.255 e. The Hall–Kier alpha value is -3.63. The molecule has 0 spiro atoms. The van der Waals surface area contributed by atoms with E-state index in [2.05, 4.69) is 17.0 Å². The van der Waals surface area contributed by atoms with Crippen LogP contribution in [0.2, 0.25) is 10.0 Å². The number of Topliss-reactive ketones (excluding diaryl/α,β-unsaturated/α-hetero) is 1. The molecule has 2 saturated heterocycles. The molecule has 1 unspecified atom stereocenters. The molecule has 0 bridgehead atoms. The summed E-state index contributed by atoms with van der Waals surface area (Å²) in [5.41, 5.74) is 3.13. The van der Waals surface area contributed by atoms with Crippen molar-refractivity contribution in [2.75, 3.05) is 52.7 Å². The molecular formula is C37H40Cl2N4O5. The number of rotatable bonds is 11. The molecule has 7 rings (SSSR count). The quantitative estimate of drug-likeness (QED) is 0.125. The highest BCUT2D eigenvalue weighted by Gasteiger charge is 2.43. The van der Waals surface area contributed by atoms with Gasteiger partial charge in [0.05, 0.1) is 28.2 Å². The summed E-state index contributed by atoms with van der Waals surface area (Å²) in [5.74, 6) is 1.97. The number of amides is 1. The van der Waals surface area contributed by atoms with Gasteiger partial charge in [0.2, 0.25) is 12.6 Å². The Labute approximate surface area is 290 Å². The minimum atomic E-state index is -0.270. The lowest BCUT2D eigenvalue weighted by Gasteiger charge is -2.36. The van der Waals surface area contributed by atoms with Crippen LogP contribution in [0, 0.1) is 5.92 Å². The Kier molecular flexibility index (Phi) is 9.65. The number of hydrogen-bond donors (Lipinski definition) is 0. The van der Waals surface area contributed by atoms with Crippen LogP contribution in [-0.2, 0) is 16.7 Å². The normalized spacial score (nSPS) is 19.8. The van der Waals surface area contributed by atoms with Crippen molar-refractivity contribution in [1.82, 2.24) is 19.4 Å². The van der Waals surface area contributed by atoms with Crippen LogP contribution in [0.1, 0.15) is 59.1 Å². The van der Waals surface area contributed by atoms with Gasteiger partial charge < -0.3 is 28.6 Å². The fourth-order valence-corrected chi connectivity index (χ4v) is 7.94. The highest BCUT2D eigenvalue weighted by atomic mass is 35.5. The fraction of sp³-hybridized carbons (Fsp3) is 0.432. The van der Waals surface area contributed by atoms with E-state index >= 15 is 0 Å². The molecular weight excluding hydrogens is 651 g/mol. The Morgan fingerprint density at radius 1 is 0.979 bits per heavy atom. The van der Waals surface area contributed by atoms with Crippen molar-refractivity contribution in [2.24, 2.45) is 5.92 Å². The molecule has 3 aliphatic rings. The number of aromatic nitrogens is 2. The predicted molar refractivity (Wildman–Crippen MR) is 186 cm³/mol. The summed E-state index contributed by atoms with van der Waals surface area (Å²) in [6.07, 6.45) is 3.24. The van der Waals surface area contributed by atoms with Crippen molar-refractivity contribution in [1.29, 1.82) is 0 Å². The van der Waals surface area contributed by atoms with Crippen molar-refractivity contribution in [3.63, 3.8) is 0 Å². The van der Waals surface area contributed by atoms with E-state index < -0.39 is 0 Å². The number of ether oxygens (including phenoxy) is 3. The van der Waals surface area contributed by atoms with Crippen LogP contribution in [0.15, 0.2) is 60.7 Å². The van der Waals surface area contributed by atoms with Crippen LogP contribution in [0.4, 0.5) is 0 Å². The zero-order valence-electron chi connectivity index (χ0n) is 27.1. The second-order valence-corrected chi connectivity index (χ2v) is 13.8. The average Bonchev–Trinajstić information content (AvgIpc) is 3.85. The van der Waals surface area contributed by atoms with Crippen molar-refractivity contribution >= 4 is 45.9 Å². The van der Waals surface area contributed by atoms with Crippen LogP contribution in [0.25, 0.3) is 11.0 Å². The Morgan fingerprint density at radius 2 is 1.79 bits per heavy atom. The second kappa shape index (κ2) is 14.1. The molecule has 0 radical (unpaired) electrons. The van der Waals surface area contributed by atoms with E-state index in [0.717, 1.165) is 73.4 Å². The van der Waals surface area contributed by atoms with Crippen LogP contribution in [0.5, 0.6) is 11.5 Å². The molecule has 4 aromatic rings. The highest BCUT2D eigenvalue weighted by Crippen LogP contribution is 2.43. The number of ketones is 1. The maximum atomic E-state index is 13.9. The molecule has 1 atom stereocenters.